The lowest BCUT2D eigenvalue weighted by atomic mass is 9.86. The van der Waals surface area contributed by atoms with Gasteiger partial charge in [-0.25, -0.2) is 9.97 Å². The van der Waals surface area contributed by atoms with Crippen LogP contribution in [0.5, 0.6) is 0 Å². The molecular weight excluding hydrogens is 222 g/mol. The molecule has 1 aliphatic carbocycles. The van der Waals surface area contributed by atoms with Crippen LogP contribution >= 0.6 is 0 Å². The first-order valence-corrected chi connectivity index (χ1v) is 7.47. The summed E-state index contributed by atoms with van der Waals surface area (Å²) in [5.74, 6) is 2.30. The number of nitrogens with zero attached hydrogens (tertiary/aromatic N) is 2. The van der Waals surface area contributed by atoms with Crippen molar-refractivity contribution in [2.75, 3.05) is 13.1 Å². The molecule has 1 aliphatic heterocycles. The summed E-state index contributed by atoms with van der Waals surface area (Å²) in [4.78, 5) is 9.38. The largest absolute Gasteiger partial charge is 0.316 e. The van der Waals surface area contributed by atoms with Crippen LogP contribution in [0.3, 0.4) is 0 Å². The van der Waals surface area contributed by atoms with E-state index < -0.39 is 0 Å². The van der Waals surface area contributed by atoms with Gasteiger partial charge >= 0.3 is 0 Å². The number of nitrogens with one attached hydrogen (secondary N) is 1. The molecule has 1 saturated carbocycles. The van der Waals surface area contributed by atoms with Gasteiger partial charge in [-0.05, 0) is 38.3 Å². The predicted molar refractivity (Wildman–Crippen MR) is 72.7 cm³/mol. The van der Waals surface area contributed by atoms with Crippen molar-refractivity contribution in [3.8, 4) is 0 Å². The zero-order chi connectivity index (χ0) is 12.2. The summed E-state index contributed by atoms with van der Waals surface area (Å²) in [6.45, 7) is 2.20. The van der Waals surface area contributed by atoms with Gasteiger partial charge in [-0.2, -0.15) is 0 Å². The molecule has 0 spiro atoms. The molecule has 0 amide bonds. The second kappa shape index (κ2) is 5.79. The molecule has 0 radical (unpaired) electrons. The fourth-order valence-corrected chi connectivity index (χ4v) is 3.28. The minimum Gasteiger partial charge on any atom is -0.316 e. The monoisotopic (exact) mass is 245 g/mol. The number of piperidine rings is 1. The van der Waals surface area contributed by atoms with Crippen LogP contribution in [0.4, 0.5) is 0 Å². The second-order valence-electron chi connectivity index (χ2n) is 5.72. The predicted octanol–water partition coefficient (Wildman–Crippen LogP) is 2.99. The van der Waals surface area contributed by atoms with Crippen LogP contribution in [0.15, 0.2) is 12.3 Å². The fourth-order valence-electron chi connectivity index (χ4n) is 3.28. The quantitative estimate of drug-likeness (QED) is 0.870. The van der Waals surface area contributed by atoms with Gasteiger partial charge in [0.25, 0.3) is 0 Å². The Morgan fingerprint density at radius 1 is 1.00 bits per heavy atom. The van der Waals surface area contributed by atoms with Crippen LogP contribution in [0.2, 0.25) is 0 Å². The van der Waals surface area contributed by atoms with Crippen molar-refractivity contribution in [2.24, 2.45) is 0 Å². The molecule has 1 atom stereocenters. The molecule has 1 N–H and O–H groups in total. The van der Waals surface area contributed by atoms with Crippen molar-refractivity contribution in [1.29, 1.82) is 0 Å². The van der Waals surface area contributed by atoms with Crippen LogP contribution in [-0.2, 0) is 0 Å². The number of hydrogen-bond donors (Lipinski definition) is 1. The third-order valence-corrected chi connectivity index (χ3v) is 4.38. The summed E-state index contributed by atoms with van der Waals surface area (Å²) in [5.41, 5.74) is 1.30. The Hall–Kier alpha value is -0.960. The van der Waals surface area contributed by atoms with E-state index in [1.54, 1.807) is 0 Å². The Kier molecular flexibility index (Phi) is 3.89. The third kappa shape index (κ3) is 2.72. The fraction of sp³-hybridized carbons (Fsp3) is 0.733. The highest BCUT2D eigenvalue weighted by molar-refractivity contribution is 5.12. The van der Waals surface area contributed by atoms with Gasteiger partial charge in [-0.15, -0.1) is 0 Å². The van der Waals surface area contributed by atoms with Gasteiger partial charge < -0.3 is 5.32 Å². The van der Waals surface area contributed by atoms with E-state index in [4.69, 9.17) is 4.98 Å². The van der Waals surface area contributed by atoms with Gasteiger partial charge in [0.2, 0.25) is 0 Å². The molecule has 3 heteroatoms. The molecule has 1 aromatic rings. The van der Waals surface area contributed by atoms with Crippen LogP contribution in [0.1, 0.15) is 68.3 Å². The number of rotatable bonds is 2. The van der Waals surface area contributed by atoms with Gasteiger partial charge in [0.05, 0.1) is 0 Å². The lowest BCUT2D eigenvalue weighted by molar-refractivity contribution is 0.424. The molecule has 0 bridgehead atoms. The summed E-state index contributed by atoms with van der Waals surface area (Å²) in [6.07, 6.45) is 11.2. The van der Waals surface area contributed by atoms with Crippen molar-refractivity contribution in [3.05, 3.63) is 23.8 Å². The number of aromatic nitrogens is 2. The summed E-state index contributed by atoms with van der Waals surface area (Å²) < 4.78 is 0. The summed E-state index contributed by atoms with van der Waals surface area (Å²) >= 11 is 0. The van der Waals surface area contributed by atoms with Gasteiger partial charge in [-0.3, -0.25) is 0 Å². The van der Waals surface area contributed by atoms with Crippen molar-refractivity contribution < 1.29 is 0 Å². The lowest BCUT2D eigenvalue weighted by Crippen LogP contribution is -2.29. The molecule has 18 heavy (non-hydrogen) atoms. The molecule has 2 fully saturated rings. The molecule has 3 rings (SSSR count). The average Bonchev–Trinajstić information content (AvgIpc) is 2.49. The first-order valence-electron chi connectivity index (χ1n) is 7.47. The normalized spacial score (nSPS) is 26.1. The van der Waals surface area contributed by atoms with E-state index in [-0.39, 0.29) is 0 Å². The lowest BCUT2D eigenvalue weighted by Gasteiger charge is -2.24. The van der Waals surface area contributed by atoms with E-state index >= 15 is 0 Å². The van der Waals surface area contributed by atoms with Crippen molar-refractivity contribution >= 4 is 0 Å². The minimum atomic E-state index is 0.530. The van der Waals surface area contributed by atoms with E-state index in [1.807, 2.05) is 6.20 Å². The molecule has 1 saturated heterocycles. The summed E-state index contributed by atoms with van der Waals surface area (Å²) in [5, 5.41) is 3.45. The smallest absolute Gasteiger partial charge is 0.132 e. The van der Waals surface area contributed by atoms with E-state index in [0.717, 1.165) is 18.9 Å². The Morgan fingerprint density at radius 3 is 2.61 bits per heavy atom. The molecule has 2 aliphatic rings. The highest BCUT2D eigenvalue weighted by Crippen LogP contribution is 2.32. The Morgan fingerprint density at radius 2 is 1.83 bits per heavy atom. The first-order chi connectivity index (χ1) is 8.93. The van der Waals surface area contributed by atoms with Crippen molar-refractivity contribution in [3.63, 3.8) is 0 Å². The van der Waals surface area contributed by atoms with Crippen LogP contribution in [-0.4, -0.2) is 23.1 Å². The Balaban J connectivity index is 1.75. The van der Waals surface area contributed by atoms with E-state index in [2.05, 4.69) is 16.4 Å². The van der Waals surface area contributed by atoms with Crippen molar-refractivity contribution in [2.45, 2.75) is 56.8 Å². The highest BCUT2D eigenvalue weighted by Gasteiger charge is 2.21. The van der Waals surface area contributed by atoms with Gasteiger partial charge in [-0.1, -0.05) is 19.3 Å². The van der Waals surface area contributed by atoms with Crippen molar-refractivity contribution in [1.82, 2.24) is 15.3 Å². The maximum atomic E-state index is 4.87. The van der Waals surface area contributed by atoms with Crippen LogP contribution in [0, 0.1) is 0 Å². The maximum Gasteiger partial charge on any atom is 0.132 e. The highest BCUT2D eigenvalue weighted by atomic mass is 14.9. The van der Waals surface area contributed by atoms with Gasteiger partial charge in [0.1, 0.15) is 5.82 Å². The number of hydrogen-bond acceptors (Lipinski definition) is 3. The summed E-state index contributed by atoms with van der Waals surface area (Å²) in [7, 11) is 0. The van der Waals surface area contributed by atoms with Crippen LogP contribution in [0.25, 0.3) is 0 Å². The maximum absolute atomic E-state index is 4.87. The molecular formula is C15H23N3. The van der Waals surface area contributed by atoms with Gasteiger partial charge in [0, 0.05) is 30.3 Å². The zero-order valence-corrected chi connectivity index (χ0v) is 11.1. The minimum absolute atomic E-state index is 0.530. The molecule has 0 aromatic carbocycles. The standard InChI is InChI=1S/C15H23N3/c1-2-5-12(6-3-1)14-8-10-17-15(18-14)13-7-4-9-16-11-13/h8,10,12-13,16H,1-7,9,11H2. The Labute approximate surface area is 109 Å². The topological polar surface area (TPSA) is 37.8 Å². The molecule has 2 heterocycles. The summed E-state index contributed by atoms with van der Waals surface area (Å²) in [6, 6.07) is 2.13. The molecule has 1 unspecified atom stereocenters. The average molecular weight is 245 g/mol. The molecule has 3 nitrogen and oxygen atoms in total. The van der Waals surface area contributed by atoms with E-state index in [9.17, 15) is 0 Å². The molecule has 98 valence electrons. The second-order valence-corrected chi connectivity index (χ2v) is 5.72. The van der Waals surface area contributed by atoms with Gasteiger partial charge in [0.15, 0.2) is 0 Å². The van der Waals surface area contributed by atoms with E-state index in [1.165, 1.54) is 50.6 Å². The first kappa shape index (κ1) is 12.1. The van der Waals surface area contributed by atoms with Crippen LogP contribution < -0.4 is 5.32 Å². The Bertz CT molecular complexity index is 346. The molecule has 1 aromatic heterocycles. The SMILES string of the molecule is c1cc(C2CCCCC2)nc(C2CCCNC2)n1. The van der Waals surface area contributed by atoms with E-state index in [0.29, 0.717) is 11.8 Å². The third-order valence-electron chi connectivity index (χ3n) is 4.38. The zero-order valence-electron chi connectivity index (χ0n) is 11.1.